The second kappa shape index (κ2) is 21.8. The van der Waals surface area contributed by atoms with Crippen LogP contribution in [-0.2, 0) is 62.2 Å². The summed E-state index contributed by atoms with van der Waals surface area (Å²) >= 11 is 13.5. The van der Waals surface area contributed by atoms with E-state index in [0.29, 0.717) is 19.3 Å². The number of esters is 1. The minimum absolute atomic E-state index is 0.00322. The number of amides is 7. The molecule has 1 heterocycles. The minimum atomic E-state index is -1.72. The number of carbonyl (C=O) groups excluding carboxylic acids is 10. The highest BCUT2D eigenvalue weighted by molar-refractivity contribution is 9.14. The van der Waals surface area contributed by atoms with Crippen molar-refractivity contribution in [1.82, 2.24) is 31.5 Å². The van der Waals surface area contributed by atoms with E-state index in [-0.39, 0.29) is 58.8 Å². The standard InChI is InChI=1S/C44H55Br2ClN6O15/c1-5-35(63)68-44(22(2)14-26-25-7-6-23-15-24(54)10-12-41(23,3)43(25,47)28(55)16-42(26,44)4)29(56)20-67-21-51-32(59)17-49-31(58)18-50-38(64)27(8-9-34(61)62)52-33(60)19-48-30(57)11-13-53-39(65)36(45)37(46)40(53)66/h10,12,15,22,25-28,55H,5-9,11,13-14,16-21H2,1-4H3,(H,48,57)(H,49,58)(H,50,64)(H,51,59)(H,52,60)(H,61,62)/t22-,25-,26?,27-,28-,41-,42-,43-,44-/m0/s1. The second-order valence-electron chi connectivity index (χ2n) is 17.9. The van der Waals surface area contributed by atoms with Gasteiger partial charge in [0, 0.05) is 42.6 Å². The Balaban J connectivity index is 1.09. The molecule has 1 aliphatic heterocycles. The number of hydrogen-bond donors (Lipinski definition) is 7. The topological polar surface area (TPSA) is 310 Å². The number of halogens is 3. The van der Waals surface area contributed by atoms with E-state index in [9.17, 15) is 57.8 Å². The third-order valence-corrected chi connectivity index (χ3v) is 16.9. The van der Waals surface area contributed by atoms with Crippen LogP contribution in [0.3, 0.4) is 0 Å². The molecule has 1 unspecified atom stereocenters. The molecular formula is C44H55Br2ClN6O15. The van der Waals surface area contributed by atoms with Gasteiger partial charge in [-0.3, -0.25) is 57.6 Å². The van der Waals surface area contributed by atoms with Crippen molar-refractivity contribution >= 4 is 108 Å². The van der Waals surface area contributed by atoms with Crippen LogP contribution in [-0.4, -0.2) is 142 Å². The van der Waals surface area contributed by atoms with Crippen molar-refractivity contribution in [3.05, 3.63) is 32.8 Å². The fourth-order valence-corrected chi connectivity index (χ4v) is 11.9. The maximum absolute atomic E-state index is 14.4. The SMILES string of the molecule is CCC(=O)O[C@]1(C(=O)COCNC(=O)CNC(=O)CNC(=O)[C@H](CCC(=O)O)NC(=O)CNC(=O)CCN2C(=O)C(Br)=C(Br)C2=O)[C@@H](C)CC2[C@@H]3CCC4=CC(=O)C=C[C@]4(C)[C@@]3(Cl)[C@@H](O)C[C@@]21C. The van der Waals surface area contributed by atoms with E-state index in [1.807, 2.05) is 20.8 Å². The van der Waals surface area contributed by atoms with E-state index in [2.05, 4.69) is 58.4 Å². The third-order valence-electron chi connectivity index (χ3n) is 14.0. The maximum Gasteiger partial charge on any atom is 0.306 e. The third kappa shape index (κ3) is 10.7. The van der Waals surface area contributed by atoms with Crippen LogP contribution in [0.5, 0.6) is 0 Å². The fourth-order valence-electron chi connectivity index (χ4n) is 10.6. The number of carboxylic acids is 1. The molecule has 3 saturated carbocycles. The Hall–Kier alpha value is -4.84. The Labute approximate surface area is 412 Å². The van der Waals surface area contributed by atoms with Gasteiger partial charge in [0.25, 0.3) is 11.8 Å². The van der Waals surface area contributed by atoms with Gasteiger partial charge in [0.15, 0.2) is 11.4 Å². The van der Waals surface area contributed by atoms with Crippen molar-refractivity contribution in [2.24, 2.45) is 28.6 Å². The quantitative estimate of drug-likeness (QED) is 0.0274. The number of imide groups is 1. The maximum atomic E-state index is 14.4. The number of aliphatic hydroxyl groups excluding tert-OH is 1. The number of carbonyl (C=O) groups is 11. The number of nitrogens with zero attached hydrogens (tertiary/aromatic N) is 1. The molecule has 21 nitrogen and oxygen atoms in total. The van der Waals surface area contributed by atoms with Crippen LogP contribution in [0.2, 0.25) is 0 Å². The van der Waals surface area contributed by atoms with Gasteiger partial charge in [0.05, 0.1) is 30.6 Å². The van der Waals surface area contributed by atoms with Gasteiger partial charge in [-0.2, -0.15) is 0 Å². The van der Waals surface area contributed by atoms with E-state index < -0.39 is 138 Å². The smallest absolute Gasteiger partial charge is 0.306 e. The summed E-state index contributed by atoms with van der Waals surface area (Å²) in [5.41, 5.74) is -2.80. The molecule has 0 aromatic heterocycles. The molecule has 7 amide bonds. The van der Waals surface area contributed by atoms with E-state index in [1.165, 1.54) is 6.08 Å². The highest BCUT2D eigenvalue weighted by atomic mass is 79.9. The van der Waals surface area contributed by atoms with Crippen molar-refractivity contribution in [1.29, 1.82) is 0 Å². The van der Waals surface area contributed by atoms with E-state index in [1.54, 1.807) is 19.1 Å². The number of aliphatic carboxylic acids is 1. The first-order valence-corrected chi connectivity index (χ1v) is 24.0. The van der Waals surface area contributed by atoms with Gasteiger partial charge in [-0.1, -0.05) is 39.3 Å². The molecule has 9 atom stereocenters. The average molecular weight is 1100 g/mol. The van der Waals surface area contributed by atoms with Gasteiger partial charge in [-0.15, -0.1) is 11.6 Å². The summed E-state index contributed by atoms with van der Waals surface area (Å²) in [6, 6.07) is -1.45. The summed E-state index contributed by atoms with van der Waals surface area (Å²) in [5.74, 6) is -9.18. The summed E-state index contributed by atoms with van der Waals surface area (Å²) in [7, 11) is 0. The number of aliphatic hydroxyl groups is 1. The molecule has 0 aromatic carbocycles. The molecule has 372 valence electrons. The van der Waals surface area contributed by atoms with Gasteiger partial charge in [0.2, 0.25) is 35.3 Å². The van der Waals surface area contributed by atoms with Crippen LogP contribution in [0, 0.1) is 28.6 Å². The van der Waals surface area contributed by atoms with Gasteiger partial charge < -0.3 is 46.3 Å². The molecule has 0 radical (unpaired) electrons. The Morgan fingerprint density at radius 1 is 0.897 bits per heavy atom. The zero-order valence-corrected chi connectivity index (χ0v) is 41.7. The Kier molecular flexibility index (Phi) is 17.4. The number of nitrogens with one attached hydrogen (secondary N) is 5. The molecule has 7 N–H and O–H groups in total. The molecule has 4 aliphatic carbocycles. The lowest BCUT2D eigenvalue weighted by Gasteiger charge is -2.64. The van der Waals surface area contributed by atoms with Gasteiger partial charge >= 0.3 is 11.9 Å². The first-order chi connectivity index (χ1) is 31.9. The van der Waals surface area contributed by atoms with Crippen LogP contribution in [0.25, 0.3) is 0 Å². The van der Waals surface area contributed by atoms with Crippen molar-refractivity contribution in [2.45, 2.75) is 102 Å². The molecule has 0 saturated heterocycles. The summed E-state index contributed by atoms with van der Waals surface area (Å²) in [6.07, 6.45) is 3.89. The van der Waals surface area contributed by atoms with Crippen molar-refractivity contribution in [3.8, 4) is 0 Å². The van der Waals surface area contributed by atoms with Crippen molar-refractivity contribution in [2.75, 3.05) is 39.5 Å². The zero-order valence-electron chi connectivity index (χ0n) is 37.8. The zero-order chi connectivity index (χ0) is 50.5. The first kappa shape index (κ1) is 54.1. The Morgan fingerprint density at radius 2 is 1.51 bits per heavy atom. The average Bonchev–Trinajstić information content (AvgIpc) is 3.62. The Bertz CT molecular complexity index is 2230. The number of hydrogen-bond acceptors (Lipinski definition) is 14. The molecule has 5 aliphatic rings. The summed E-state index contributed by atoms with van der Waals surface area (Å²) in [6.45, 7) is 3.88. The molecule has 0 bridgehead atoms. The lowest BCUT2D eigenvalue weighted by Crippen LogP contribution is -2.69. The predicted octanol–water partition coefficient (Wildman–Crippen LogP) is 0.682. The number of rotatable bonds is 21. The van der Waals surface area contributed by atoms with Gasteiger partial charge in [0.1, 0.15) is 28.3 Å². The number of alkyl halides is 1. The first-order valence-electron chi connectivity index (χ1n) is 22.0. The Morgan fingerprint density at radius 3 is 2.16 bits per heavy atom. The highest BCUT2D eigenvalue weighted by Gasteiger charge is 2.76. The highest BCUT2D eigenvalue weighted by Crippen LogP contribution is 2.72. The number of fused-ring (bicyclic) bond motifs is 5. The predicted molar refractivity (Wildman–Crippen MR) is 245 cm³/mol. The molecular weight excluding hydrogens is 1050 g/mol. The number of allylic oxidation sites excluding steroid dienone is 4. The number of ether oxygens (including phenoxy) is 2. The normalized spacial score (nSPS) is 29.7. The molecule has 3 fully saturated rings. The molecule has 0 spiro atoms. The lowest BCUT2D eigenvalue weighted by atomic mass is 9.45. The van der Waals surface area contributed by atoms with Crippen molar-refractivity contribution in [3.63, 3.8) is 0 Å². The number of Topliss-reactive ketones (excluding diaryl/α,β-unsaturated/α-hetero) is 1. The fraction of sp³-hybridized carbons (Fsp3) is 0.614. The lowest BCUT2D eigenvalue weighted by molar-refractivity contribution is -0.203. The second-order valence-corrected chi connectivity index (χ2v) is 20.2. The monoisotopic (exact) mass is 1100 g/mol. The summed E-state index contributed by atoms with van der Waals surface area (Å²) < 4.78 is 11.7. The van der Waals surface area contributed by atoms with E-state index >= 15 is 0 Å². The van der Waals surface area contributed by atoms with Crippen LogP contribution in [0.15, 0.2) is 32.8 Å². The summed E-state index contributed by atoms with van der Waals surface area (Å²) in [5, 5.41) is 32.7. The number of ketones is 2. The molecule has 24 heteroatoms. The molecule has 68 heavy (non-hydrogen) atoms. The van der Waals surface area contributed by atoms with E-state index in [0.717, 1.165) is 10.5 Å². The number of carboxylic acid groups (broad SMARTS) is 1. The molecule has 5 rings (SSSR count). The largest absolute Gasteiger partial charge is 0.481 e. The van der Waals surface area contributed by atoms with Gasteiger partial charge in [-0.05, 0) is 88.0 Å². The van der Waals surface area contributed by atoms with Gasteiger partial charge in [-0.25, -0.2) is 0 Å². The van der Waals surface area contributed by atoms with Crippen LogP contribution < -0.4 is 26.6 Å². The summed E-state index contributed by atoms with van der Waals surface area (Å²) in [4.78, 5) is 138. The van der Waals surface area contributed by atoms with Crippen LogP contribution in [0.1, 0.15) is 79.1 Å². The van der Waals surface area contributed by atoms with Crippen LogP contribution in [0.4, 0.5) is 0 Å². The molecule has 0 aromatic rings. The van der Waals surface area contributed by atoms with Crippen molar-refractivity contribution < 1.29 is 72.4 Å². The van der Waals surface area contributed by atoms with E-state index in [4.69, 9.17) is 26.2 Å². The minimum Gasteiger partial charge on any atom is -0.481 e. The van der Waals surface area contributed by atoms with Crippen LogP contribution >= 0.6 is 43.5 Å².